The van der Waals surface area contributed by atoms with Crippen LogP contribution in [0.4, 0.5) is 18.6 Å². The Labute approximate surface area is 211 Å². The summed E-state index contributed by atoms with van der Waals surface area (Å²) >= 11 is 23.4. The molecule has 0 aliphatic rings. The van der Waals surface area contributed by atoms with Crippen LogP contribution in [0.25, 0.3) is 0 Å². The maximum Gasteiger partial charge on any atom is 0.324 e. The molecule has 2 amide bonds. The molecule has 0 saturated carbocycles. The Morgan fingerprint density at radius 1 is 1.19 bits per heavy atom. The Balaban J connectivity index is 0.000000320. The lowest BCUT2D eigenvalue weighted by Crippen LogP contribution is -2.52. The maximum absolute atomic E-state index is 12.7. The predicted molar refractivity (Wildman–Crippen MR) is 133 cm³/mol. The number of thiocarbonyl (C=S) groups is 1. The van der Waals surface area contributed by atoms with Crippen LogP contribution in [0, 0.1) is 0 Å². The number of rotatable bonds is 7. The van der Waals surface area contributed by atoms with Gasteiger partial charge in [-0.15, -0.1) is 11.3 Å². The minimum Gasteiger partial charge on any atom is -0.447 e. The van der Waals surface area contributed by atoms with E-state index in [-0.39, 0.29) is 5.00 Å². The molecule has 5 nitrogen and oxygen atoms in total. The van der Waals surface area contributed by atoms with Crippen molar-refractivity contribution >= 4 is 74.6 Å². The highest BCUT2D eigenvalue weighted by molar-refractivity contribution is 7.80. The van der Waals surface area contributed by atoms with E-state index in [1.807, 2.05) is 49.1 Å². The van der Waals surface area contributed by atoms with Crippen LogP contribution in [0.5, 0.6) is 0 Å². The van der Waals surface area contributed by atoms with Gasteiger partial charge in [0.05, 0.1) is 0 Å². The largest absolute Gasteiger partial charge is 0.447 e. The molecule has 178 valence electrons. The standard InChI is InChI=1S/C12H16ClNOS.C8H8Cl2F2N2OS/c1-3-14(4-2)12(16)15-11(13)10-8-6-5-7-9-10;1-13-7(15)14(5-3-2-4-16-5)8(9,10)6(11)12/h5-9,11H,3-4H2,1-2H3;2-4,6H,1H3,(H,13,15). The van der Waals surface area contributed by atoms with Gasteiger partial charge in [0.25, 0.3) is 16.1 Å². The zero-order valence-corrected chi connectivity index (χ0v) is 21.5. The van der Waals surface area contributed by atoms with Crippen molar-refractivity contribution in [2.24, 2.45) is 0 Å². The first-order chi connectivity index (χ1) is 15.1. The third-order valence-electron chi connectivity index (χ3n) is 3.99. The summed E-state index contributed by atoms with van der Waals surface area (Å²) in [6.45, 7) is 5.72. The van der Waals surface area contributed by atoms with Crippen molar-refractivity contribution in [3.63, 3.8) is 0 Å². The third-order valence-corrected chi connectivity index (χ3v) is 6.21. The summed E-state index contributed by atoms with van der Waals surface area (Å²) in [5.41, 5.74) is 0.396. The van der Waals surface area contributed by atoms with Crippen LogP contribution in [-0.4, -0.2) is 47.1 Å². The van der Waals surface area contributed by atoms with E-state index >= 15 is 0 Å². The number of ether oxygens (including phenoxy) is 1. The van der Waals surface area contributed by atoms with Crippen molar-refractivity contribution in [1.29, 1.82) is 0 Å². The van der Waals surface area contributed by atoms with Gasteiger partial charge in [0.2, 0.25) is 0 Å². The van der Waals surface area contributed by atoms with Crippen LogP contribution in [0.3, 0.4) is 0 Å². The van der Waals surface area contributed by atoms with E-state index in [0.717, 1.165) is 30.0 Å². The lowest BCUT2D eigenvalue weighted by Gasteiger charge is -2.31. The summed E-state index contributed by atoms with van der Waals surface area (Å²) in [6.07, 6.45) is -3.09. The number of carbonyl (C=O) groups excluding carboxylic acids is 1. The Morgan fingerprint density at radius 3 is 2.22 bits per heavy atom. The summed E-state index contributed by atoms with van der Waals surface area (Å²) in [7, 11) is 1.30. The van der Waals surface area contributed by atoms with Crippen molar-refractivity contribution in [3.05, 3.63) is 53.4 Å². The van der Waals surface area contributed by atoms with Gasteiger partial charge in [0.1, 0.15) is 5.00 Å². The smallest absolute Gasteiger partial charge is 0.324 e. The number of hydrogen-bond donors (Lipinski definition) is 1. The minimum absolute atomic E-state index is 0.240. The summed E-state index contributed by atoms with van der Waals surface area (Å²) < 4.78 is 28.3. The number of halogens is 5. The molecular weight excluding hydrogens is 523 g/mol. The zero-order chi connectivity index (χ0) is 24.3. The molecule has 0 bridgehead atoms. The van der Waals surface area contributed by atoms with Crippen molar-refractivity contribution < 1.29 is 18.3 Å². The molecule has 1 heterocycles. The number of nitrogens with one attached hydrogen (secondary N) is 1. The van der Waals surface area contributed by atoms with Crippen LogP contribution in [-0.2, 0) is 4.74 Å². The number of thiophene rings is 1. The van der Waals surface area contributed by atoms with Crippen LogP contribution >= 0.6 is 58.4 Å². The lowest BCUT2D eigenvalue weighted by molar-refractivity contribution is 0.126. The fourth-order valence-corrected chi connectivity index (χ4v) is 4.17. The molecule has 2 aromatic rings. The molecule has 0 aliphatic carbocycles. The average molecular weight is 547 g/mol. The van der Waals surface area contributed by atoms with Crippen molar-refractivity contribution in [1.82, 2.24) is 10.2 Å². The Hall–Kier alpha value is -1.39. The number of carbonyl (C=O) groups is 1. The summed E-state index contributed by atoms with van der Waals surface area (Å²) in [6, 6.07) is 11.9. The van der Waals surface area contributed by atoms with E-state index in [2.05, 4.69) is 5.32 Å². The zero-order valence-electron chi connectivity index (χ0n) is 17.6. The van der Waals surface area contributed by atoms with Gasteiger partial charge in [-0.3, -0.25) is 0 Å². The lowest BCUT2D eigenvalue weighted by atomic mass is 10.2. The van der Waals surface area contributed by atoms with Crippen LogP contribution in [0.2, 0.25) is 0 Å². The molecule has 32 heavy (non-hydrogen) atoms. The first-order valence-electron chi connectivity index (χ1n) is 9.45. The molecule has 12 heteroatoms. The second kappa shape index (κ2) is 14.0. The SMILES string of the molecule is CCN(CC)C(=S)OC(Cl)c1ccccc1.CNC(=O)N(c1cccs1)C(Cl)(Cl)C(F)F. The summed E-state index contributed by atoms with van der Waals surface area (Å²) in [4.78, 5) is 14.0. The van der Waals surface area contributed by atoms with E-state index in [9.17, 15) is 13.6 Å². The highest BCUT2D eigenvalue weighted by atomic mass is 35.5. The van der Waals surface area contributed by atoms with Crippen LogP contribution in [0.15, 0.2) is 47.8 Å². The molecule has 1 aromatic heterocycles. The number of urea groups is 1. The molecule has 1 aromatic carbocycles. The monoisotopic (exact) mass is 545 g/mol. The Morgan fingerprint density at radius 2 is 1.78 bits per heavy atom. The fourth-order valence-electron chi connectivity index (χ4n) is 2.31. The number of anilines is 1. The Bertz CT molecular complexity index is 827. The van der Waals surface area contributed by atoms with E-state index in [1.165, 1.54) is 13.1 Å². The normalized spacial score (nSPS) is 11.8. The number of amides is 2. The predicted octanol–water partition coefficient (Wildman–Crippen LogP) is 6.86. The van der Waals surface area contributed by atoms with Gasteiger partial charge < -0.3 is 15.0 Å². The number of nitrogens with zero attached hydrogens (tertiary/aromatic N) is 2. The van der Waals surface area contributed by atoms with Crippen molar-refractivity contribution in [2.75, 3.05) is 25.0 Å². The van der Waals surface area contributed by atoms with Gasteiger partial charge in [0, 0.05) is 25.7 Å². The molecule has 0 radical (unpaired) electrons. The molecule has 0 aliphatic heterocycles. The average Bonchev–Trinajstić information content (AvgIpc) is 3.29. The Kier molecular flexibility index (Phi) is 12.5. The highest BCUT2D eigenvalue weighted by Gasteiger charge is 2.46. The van der Waals surface area contributed by atoms with Gasteiger partial charge in [-0.05, 0) is 43.6 Å². The van der Waals surface area contributed by atoms with Gasteiger partial charge >= 0.3 is 6.03 Å². The molecule has 1 atom stereocenters. The van der Waals surface area contributed by atoms with Gasteiger partial charge in [-0.1, -0.05) is 65.1 Å². The molecule has 1 unspecified atom stereocenters. The third kappa shape index (κ3) is 8.19. The number of alkyl halides is 5. The fraction of sp³-hybridized carbons (Fsp3) is 0.400. The minimum atomic E-state index is -3.09. The highest BCUT2D eigenvalue weighted by Crippen LogP contribution is 2.38. The van der Waals surface area contributed by atoms with Gasteiger partial charge in [-0.2, -0.15) is 0 Å². The maximum atomic E-state index is 12.7. The number of benzene rings is 1. The van der Waals surface area contributed by atoms with E-state index in [1.54, 1.807) is 11.4 Å². The van der Waals surface area contributed by atoms with Crippen LogP contribution < -0.4 is 10.2 Å². The molecule has 2 rings (SSSR count). The first-order valence-corrected chi connectivity index (χ1v) is 11.9. The van der Waals surface area contributed by atoms with E-state index in [0.29, 0.717) is 10.1 Å². The second-order valence-corrected chi connectivity index (χ2v) is 9.03. The molecular formula is C20H24Cl3F2N3O2S2. The molecule has 0 saturated heterocycles. The van der Waals surface area contributed by atoms with Crippen molar-refractivity contribution in [2.45, 2.75) is 30.3 Å². The summed E-state index contributed by atoms with van der Waals surface area (Å²) in [5.74, 6) is 0. The van der Waals surface area contributed by atoms with Gasteiger partial charge in [0.15, 0.2) is 5.56 Å². The molecule has 0 spiro atoms. The first kappa shape index (κ1) is 28.6. The topological polar surface area (TPSA) is 44.8 Å². The quantitative estimate of drug-likeness (QED) is 0.234. The molecule has 1 N–H and O–H groups in total. The molecule has 0 fully saturated rings. The second-order valence-electron chi connectivity index (χ2n) is 6.01. The van der Waals surface area contributed by atoms with Gasteiger partial charge in [-0.25, -0.2) is 18.5 Å². The van der Waals surface area contributed by atoms with Crippen molar-refractivity contribution in [3.8, 4) is 0 Å². The van der Waals surface area contributed by atoms with E-state index < -0.39 is 22.5 Å². The summed E-state index contributed by atoms with van der Waals surface area (Å²) in [5, 5.41) is 4.52. The van der Waals surface area contributed by atoms with E-state index in [4.69, 9.17) is 51.8 Å². The van der Waals surface area contributed by atoms with Crippen LogP contribution in [0.1, 0.15) is 25.0 Å². The number of hydrogen-bond acceptors (Lipinski definition) is 4.